The summed E-state index contributed by atoms with van der Waals surface area (Å²) in [4.78, 5) is 9.21. The number of para-hydroxylation sites is 2. The maximum atomic E-state index is 9.35. The van der Waals surface area contributed by atoms with Crippen molar-refractivity contribution < 1.29 is 0 Å². The van der Waals surface area contributed by atoms with Gasteiger partial charge in [-0.2, -0.15) is 5.26 Å². The Morgan fingerprint density at radius 2 is 1.95 bits per heavy atom. The zero-order valence-corrected chi connectivity index (χ0v) is 11.5. The largest absolute Gasteiger partial charge is 0.384 e. The first-order chi connectivity index (χ1) is 9.67. The number of nitriles is 1. The summed E-state index contributed by atoms with van der Waals surface area (Å²) in [5, 5.41) is 9.35. The third-order valence-corrected chi connectivity index (χ3v) is 3.68. The van der Waals surface area contributed by atoms with Gasteiger partial charge >= 0.3 is 0 Å². The smallest absolute Gasteiger partial charge is 0.162 e. The molecule has 1 unspecified atom stereocenters. The van der Waals surface area contributed by atoms with E-state index in [0.29, 0.717) is 22.5 Å². The first-order valence-corrected chi connectivity index (χ1v) is 6.63. The summed E-state index contributed by atoms with van der Waals surface area (Å²) in [5.41, 5.74) is 9.40. The molecule has 0 bridgehead atoms. The Bertz CT molecular complexity index is 841. The summed E-state index contributed by atoms with van der Waals surface area (Å²) in [6.07, 6.45) is 0.910. The molecule has 5 heteroatoms. The van der Waals surface area contributed by atoms with Crippen LogP contribution in [0.2, 0.25) is 0 Å². The highest BCUT2D eigenvalue weighted by Crippen LogP contribution is 2.30. The predicted octanol–water partition coefficient (Wildman–Crippen LogP) is 3.01. The molecule has 20 heavy (non-hydrogen) atoms. The molecule has 0 amide bonds. The number of nitrogens with two attached hydrogens (primary N) is 1. The number of nitrogen functional groups attached to an aromatic ring is 1. The highest BCUT2D eigenvalue weighted by atomic mass is 15.1. The molecular weight excluding hydrogens is 250 g/mol. The van der Waals surface area contributed by atoms with Crippen molar-refractivity contribution in [1.82, 2.24) is 14.5 Å². The van der Waals surface area contributed by atoms with Crippen molar-refractivity contribution in [2.75, 3.05) is 5.73 Å². The first-order valence-electron chi connectivity index (χ1n) is 6.63. The zero-order chi connectivity index (χ0) is 14.3. The van der Waals surface area contributed by atoms with Crippen molar-refractivity contribution in [2.24, 2.45) is 0 Å². The van der Waals surface area contributed by atoms with Gasteiger partial charge in [0.25, 0.3) is 0 Å². The van der Waals surface area contributed by atoms with Crippen LogP contribution in [-0.2, 0) is 0 Å². The molecule has 0 spiro atoms. The molecule has 2 heterocycles. The molecule has 0 aliphatic heterocycles. The fraction of sp³-hybridized carbons (Fsp3) is 0.267. The molecule has 0 fully saturated rings. The van der Waals surface area contributed by atoms with Gasteiger partial charge in [0.05, 0.1) is 11.0 Å². The maximum Gasteiger partial charge on any atom is 0.162 e. The number of aromatic nitrogens is 3. The molecule has 1 aromatic carbocycles. The Labute approximate surface area is 116 Å². The second-order valence-corrected chi connectivity index (χ2v) is 4.88. The van der Waals surface area contributed by atoms with Crippen LogP contribution in [0.3, 0.4) is 0 Å². The van der Waals surface area contributed by atoms with E-state index >= 15 is 0 Å². The molecule has 0 aliphatic carbocycles. The lowest BCUT2D eigenvalue weighted by Gasteiger charge is -2.14. The van der Waals surface area contributed by atoms with E-state index in [1.807, 2.05) is 28.8 Å². The lowest BCUT2D eigenvalue weighted by atomic mass is 10.2. The van der Waals surface area contributed by atoms with Gasteiger partial charge in [-0.05, 0) is 25.5 Å². The van der Waals surface area contributed by atoms with Crippen LogP contribution in [0, 0.1) is 11.3 Å². The SMILES string of the molecule is CCC(C)n1c(N)c(C#N)c2nc3ccccc3nc21. The molecule has 5 nitrogen and oxygen atoms in total. The van der Waals surface area contributed by atoms with Crippen LogP contribution in [0.15, 0.2) is 24.3 Å². The van der Waals surface area contributed by atoms with Gasteiger partial charge < -0.3 is 10.3 Å². The molecule has 0 saturated carbocycles. The summed E-state index contributed by atoms with van der Waals surface area (Å²) in [7, 11) is 0. The summed E-state index contributed by atoms with van der Waals surface area (Å²) in [6.45, 7) is 4.14. The molecule has 3 rings (SSSR count). The number of nitrogens with zero attached hydrogens (tertiary/aromatic N) is 4. The maximum absolute atomic E-state index is 9.35. The highest BCUT2D eigenvalue weighted by Gasteiger charge is 2.20. The fourth-order valence-electron chi connectivity index (χ4n) is 2.42. The molecule has 1 atom stereocenters. The van der Waals surface area contributed by atoms with E-state index in [1.54, 1.807) is 0 Å². The van der Waals surface area contributed by atoms with Crippen molar-refractivity contribution in [2.45, 2.75) is 26.3 Å². The molecule has 0 radical (unpaired) electrons. The van der Waals surface area contributed by atoms with E-state index < -0.39 is 0 Å². The van der Waals surface area contributed by atoms with Crippen LogP contribution in [0.4, 0.5) is 5.82 Å². The Kier molecular flexibility index (Phi) is 2.79. The van der Waals surface area contributed by atoms with Gasteiger partial charge in [-0.3, -0.25) is 0 Å². The van der Waals surface area contributed by atoms with Gasteiger partial charge in [0.2, 0.25) is 0 Å². The van der Waals surface area contributed by atoms with Crippen molar-refractivity contribution in [3.05, 3.63) is 29.8 Å². The Morgan fingerprint density at radius 1 is 1.30 bits per heavy atom. The Balaban J connectivity index is 2.48. The third-order valence-electron chi connectivity index (χ3n) is 3.68. The van der Waals surface area contributed by atoms with Gasteiger partial charge in [0.1, 0.15) is 23.0 Å². The molecule has 100 valence electrons. The van der Waals surface area contributed by atoms with E-state index in [0.717, 1.165) is 17.5 Å². The molecular formula is C15H15N5. The third kappa shape index (κ3) is 1.62. The second-order valence-electron chi connectivity index (χ2n) is 4.88. The number of fused-ring (bicyclic) bond motifs is 2. The van der Waals surface area contributed by atoms with Crippen LogP contribution < -0.4 is 5.73 Å². The lowest BCUT2D eigenvalue weighted by molar-refractivity contribution is 0.551. The van der Waals surface area contributed by atoms with Gasteiger partial charge in [-0.15, -0.1) is 0 Å². The van der Waals surface area contributed by atoms with Crippen LogP contribution in [0.1, 0.15) is 31.9 Å². The standard InChI is InChI=1S/C15H15N5/c1-3-9(2)20-14(17)10(8-16)13-15(20)19-12-7-5-4-6-11(12)18-13/h4-7,9H,3,17H2,1-2H3. The number of hydrogen-bond acceptors (Lipinski definition) is 4. The predicted molar refractivity (Wildman–Crippen MR) is 79.2 cm³/mol. The minimum atomic E-state index is 0.176. The van der Waals surface area contributed by atoms with Crippen LogP contribution in [0.25, 0.3) is 22.2 Å². The van der Waals surface area contributed by atoms with Crippen LogP contribution in [0.5, 0.6) is 0 Å². The average Bonchev–Trinajstić information content (AvgIpc) is 2.74. The zero-order valence-electron chi connectivity index (χ0n) is 11.5. The van der Waals surface area contributed by atoms with Crippen LogP contribution >= 0.6 is 0 Å². The average molecular weight is 265 g/mol. The van der Waals surface area contributed by atoms with Crippen molar-refractivity contribution in [3.8, 4) is 6.07 Å². The number of hydrogen-bond donors (Lipinski definition) is 1. The minimum Gasteiger partial charge on any atom is -0.384 e. The second kappa shape index (κ2) is 4.49. The number of anilines is 1. The van der Waals surface area contributed by atoms with E-state index in [2.05, 4.69) is 29.9 Å². The van der Waals surface area contributed by atoms with Gasteiger partial charge in [0.15, 0.2) is 5.65 Å². The normalized spacial score (nSPS) is 12.7. The number of rotatable bonds is 2. The molecule has 0 saturated heterocycles. The van der Waals surface area contributed by atoms with Gasteiger partial charge in [-0.25, -0.2) is 9.97 Å². The number of benzene rings is 1. The summed E-state index contributed by atoms with van der Waals surface area (Å²) in [5.74, 6) is 0.451. The lowest BCUT2D eigenvalue weighted by Crippen LogP contribution is -2.08. The monoisotopic (exact) mass is 265 g/mol. The van der Waals surface area contributed by atoms with Crippen LogP contribution in [-0.4, -0.2) is 14.5 Å². The summed E-state index contributed by atoms with van der Waals surface area (Å²) >= 11 is 0. The topological polar surface area (TPSA) is 80.5 Å². The quantitative estimate of drug-likeness (QED) is 0.772. The van der Waals surface area contributed by atoms with E-state index in [1.165, 1.54) is 0 Å². The minimum absolute atomic E-state index is 0.176. The van der Waals surface area contributed by atoms with Crippen molar-refractivity contribution >= 4 is 28.0 Å². The fourth-order valence-corrected chi connectivity index (χ4v) is 2.42. The van der Waals surface area contributed by atoms with Crippen molar-refractivity contribution in [3.63, 3.8) is 0 Å². The molecule has 3 aromatic rings. The van der Waals surface area contributed by atoms with E-state index in [-0.39, 0.29) is 6.04 Å². The summed E-state index contributed by atoms with van der Waals surface area (Å²) in [6, 6.07) is 9.96. The molecule has 0 aliphatic rings. The van der Waals surface area contributed by atoms with E-state index in [9.17, 15) is 5.26 Å². The first kappa shape index (κ1) is 12.4. The molecule has 2 aromatic heterocycles. The van der Waals surface area contributed by atoms with Gasteiger partial charge in [-0.1, -0.05) is 19.1 Å². The molecule has 2 N–H and O–H groups in total. The highest BCUT2D eigenvalue weighted by molar-refractivity contribution is 5.92. The Hall–Kier alpha value is -2.61. The van der Waals surface area contributed by atoms with Gasteiger partial charge in [0, 0.05) is 6.04 Å². The van der Waals surface area contributed by atoms with E-state index in [4.69, 9.17) is 5.73 Å². The van der Waals surface area contributed by atoms with Crippen molar-refractivity contribution in [1.29, 1.82) is 5.26 Å². The summed E-state index contributed by atoms with van der Waals surface area (Å²) < 4.78 is 1.91. The Morgan fingerprint density at radius 3 is 2.55 bits per heavy atom.